The average Bonchev–Trinajstić information content (AvgIpc) is 2.80. The van der Waals surface area contributed by atoms with Crippen LogP contribution in [0.25, 0.3) is 0 Å². The van der Waals surface area contributed by atoms with Gasteiger partial charge < -0.3 is 4.90 Å². The van der Waals surface area contributed by atoms with Gasteiger partial charge in [-0.3, -0.25) is 4.79 Å². The molecule has 0 saturated carbocycles. The lowest BCUT2D eigenvalue weighted by atomic mass is 10.0. The zero-order valence-electron chi connectivity index (χ0n) is 10.4. The molecule has 1 fully saturated rings. The Labute approximate surface area is 108 Å². The van der Waals surface area contributed by atoms with Gasteiger partial charge in [0.15, 0.2) is 0 Å². The first-order valence-electron chi connectivity index (χ1n) is 6.04. The summed E-state index contributed by atoms with van der Waals surface area (Å²) in [6.45, 7) is 5.64. The Balaban J connectivity index is 2.17. The fourth-order valence-electron chi connectivity index (χ4n) is 2.28. The molecule has 0 spiro atoms. The van der Waals surface area contributed by atoms with Crippen LogP contribution in [0.3, 0.4) is 0 Å². The molecule has 1 aromatic rings. The molecule has 0 aliphatic carbocycles. The molecular weight excluding hydrogens is 234 g/mol. The van der Waals surface area contributed by atoms with Crippen molar-refractivity contribution in [3.8, 4) is 0 Å². The van der Waals surface area contributed by atoms with Gasteiger partial charge in [0.05, 0.1) is 0 Å². The van der Waals surface area contributed by atoms with Crippen LogP contribution >= 0.6 is 11.6 Å². The minimum Gasteiger partial charge on any atom is -0.338 e. The molecule has 1 unspecified atom stereocenters. The summed E-state index contributed by atoms with van der Waals surface area (Å²) >= 11 is 5.84. The number of benzene rings is 1. The first kappa shape index (κ1) is 12.4. The van der Waals surface area contributed by atoms with Gasteiger partial charge in [0.2, 0.25) is 0 Å². The van der Waals surface area contributed by atoms with Crippen molar-refractivity contribution in [3.63, 3.8) is 0 Å². The molecule has 2 nitrogen and oxygen atoms in total. The third-order valence-corrected chi connectivity index (χ3v) is 3.85. The van der Waals surface area contributed by atoms with E-state index < -0.39 is 0 Å². The minimum absolute atomic E-state index is 0.152. The maximum atomic E-state index is 12.4. The summed E-state index contributed by atoms with van der Waals surface area (Å²) in [6.07, 6.45) is 1.03. The van der Waals surface area contributed by atoms with Gasteiger partial charge >= 0.3 is 0 Å². The molecule has 1 saturated heterocycles. The number of carbonyl (C=O) groups excluding carboxylic acids is 1. The molecule has 0 aromatic heterocycles. The second-order valence-corrected chi connectivity index (χ2v) is 5.19. The van der Waals surface area contributed by atoms with Crippen LogP contribution in [0.1, 0.15) is 27.9 Å². The summed E-state index contributed by atoms with van der Waals surface area (Å²) in [5.41, 5.74) is 3.02. The van der Waals surface area contributed by atoms with Crippen LogP contribution in [0.5, 0.6) is 0 Å². The third kappa shape index (κ3) is 2.63. The van der Waals surface area contributed by atoms with Gasteiger partial charge in [-0.05, 0) is 37.8 Å². The van der Waals surface area contributed by atoms with Crippen LogP contribution in [-0.4, -0.2) is 29.8 Å². The Morgan fingerprint density at radius 2 is 2.24 bits per heavy atom. The van der Waals surface area contributed by atoms with E-state index in [1.807, 2.05) is 36.9 Å². The number of aryl methyl sites for hydroxylation is 2. The zero-order chi connectivity index (χ0) is 12.4. The molecule has 1 aliphatic heterocycles. The van der Waals surface area contributed by atoms with Crippen LogP contribution < -0.4 is 0 Å². The largest absolute Gasteiger partial charge is 0.338 e. The van der Waals surface area contributed by atoms with Crippen molar-refractivity contribution >= 4 is 17.5 Å². The first-order chi connectivity index (χ1) is 8.11. The quantitative estimate of drug-likeness (QED) is 0.740. The van der Waals surface area contributed by atoms with E-state index in [9.17, 15) is 4.79 Å². The monoisotopic (exact) mass is 251 g/mol. The predicted molar refractivity (Wildman–Crippen MR) is 70.6 cm³/mol. The molecule has 0 radical (unpaired) electrons. The van der Waals surface area contributed by atoms with Crippen molar-refractivity contribution in [2.24, 2.45) is 5.92 Å². The van der Waals surface area contributed by atoms with Gasteiger partial charge in [-0.25, -0.2) is 0 Å². The van der Waals surface area contributed by atoms with Gasteiger partial charge in [-0.2, -0.15) is 0 Å². The number of hydrogen-bond acceptors (Lipinski definition) is 1. The van der Waals surface area contributed by atoms with E-state index in [0.29, 0.717) is 11.8 Å². The summed E-state index contributed by atoms with van der Waals surface area (Å²) in [4.78, 5) is 14.3. The molecule has 17 heavy (non-hydrogen) atoms. The highest BCUT2D eigenvalue weighted by atomic mass is 35.5. The van der Waals surface area contributed by atoms with E-state index in [4.69, 9.17) is 11.6 Å². The Hall–Kier alpha value is -1.02. The zero-order valence-corrected chi connectivity index (χ0v) is 11.1. The average molecular weight is 252 g/mol. The predicted octanol–water partition coefficient (Wildman–Crippen LogP) is 3.00. The number of hydrogen-bond donors (Lipinski definition) is 0. The molecule has 0 N–H and O–H groups in total. The molecule has 3 heteroatoms. The van der Waals surface area contributed by atoms with Crippen molar-refractivity contribution in [3.05, 3.63) is 34.9 Å². The van der Waals surface area contributed by atoms with Crippen LogP contribution in [0.2, 0.25) is 0 Å². The highest BCUT2D eigenvalue weighted by Gasteiger charge is 2.26. The summed E-state index contributed by atoms with van der Waals surface area (Å²) in [5, 5.41) is 0. The van der Waals surface area contributed by atoms with E-state index in [2.05, 4.69) is 0 Å². The molecule has 0 bridgehead atoms. The maximum absolute atomic E-state index is 12.4. The molecule has 1 aromatic carbocycles. The SMILES string of the molecule is Cc1ccc(C)c(C(=O)N2CCC(CCl)C2)c1. The van der Waals surface area contributed by atoms with Crippen molar-refractivity contribution in [2.75, 3.05) is 19.0 Å². The van der Waals surface area contributed by atoms with E-state index in [1.165, 1.54) is 0 Å². The van der Waals surface area contributed by atoms with Gasteiger partial charge in [-0.1, -0.05) is 17.7 Å². The normalized spacial score (nSPS) is 19.7. The van der Waals surface area contributed by atoms with Gasteiger partial charge in [0, 0.05) is 24.5 Å². The smallest absolute Gasteiger partial charge is 0.254 e. The Morgan fingerprint density at radius 3 is 2.88 bits per heavy atom. The lowest BCUT2D eigenvalue weighted by molar-refractivity contribution is 0.0787. The fourth-order valence-corrected chi connectivity index (χ4v) is 2.53. The third-order valence-electron chi connectivity index (χ3n) is 3.41. The lowest BCUT2D eigenvalue weighted by Gasteiger charge is -2.17. The molecular formula is C14H18ClNO. The lowest BCUT2D eigenvalue weighted by Crippen LogP contribution is -2.29. The summed E-state index contributed by atoms with van der Waals surface area (Å²) in [7, 11) is 0. The number of amides is 1. The number of alkyl halides is 1. The Bertz CT molecular complexity index is 430. The van der Waals surface area contributed by atoms with Crippen molar-refractivity contribution < 1.29 is 4.79 Å². The van der Waals surface area contributed by atoms with Crippen LogP contribution in [0.15, 0.2) is 18.2 Å². The highest BCUT2D eigenvalue weighted by Crippen LogP contribution is 2.21. The number of halogens is 1. The number of nitrogens with zero attached hydrogens (tertiary/aromatic N) is 1. The first-order valence-corrected chi connectivity index (χ1v) is 6.57. The summed E-state index contributed by atoms with van der Waals surface area (Å²) in [6, 6.07) is 6.03. The molecule has 1 aliphatic rings. The van der Waals surface area contributed by atoms with E-state index in [1.54, 1.807) is 0 Å². The Morgan fingerprint density at radius 1 is 1.47 bits per heavy atom. The number of carbonyl (C=O) groups is 1. The van der Waals surface area contributed by atoms with Gasteiger partial charge in [-0.15, -0.1) is 11.6 Å². The summed E-state index contributed by atoms with van der Waals surface area (Å²) < 4.78 is 0. The second-order valence-electron chi connectivity index (χ2n) is 4.88. The maximum Gasteiger partial charge on any atom is 0.254 e. The molecule has 1 heterocycles. The summed E-state index contributed by atoms with van der Waals surface area (Å²) in [5.74, 6) is 1.26. The molecule has 2 rings (SSSR count). The van der Waals surface area contributed by atoms with Gasteiger partial charge in [0.1, 0.15) is 0 Å². The fraction of sp³-hybridized carbons (Fsp3) is 0.500. The van der Waals surface area contributed by atoms with Crippen LogP contribution in [0, 0.1) is 19.8 Å². The van der Waals surface area contributed by atoms with Crippen molar-refractivity contribution in [1.29, 1.82) is 0 Å². The minimum atomic E-state index is 0.152. The van der Waals surface area contributed by atoms with Crippen LogP contribution in [-0.2, 0) is 0 Å². The Kier molecular flexibility index (Phi) is 3.72. The highest BCUT2D eigenvalue weighted by molar-refractivity contribution is 6.18. The molecule has 1 amide bonds. The van der Waals surface area contributed by atoms with Crippen molar-refractivity contribution in [2.45, 2.75) is 20.3 Å². The van der Waals surface area contributed by atoms with E-state index in [-0.39, 0.29) is 5.91 Å². The number of rotatable bonds is 2. The number of likely N-dealkylation sites (tertiary alicyclic amines) is 1. The van der Waals surface area contributed by atoms with Crippen LogP contribution in [0.4, 0.5) is 0 Å². The molecule has 1 atom stereocenters. The van der Waals surface area contributed by atoms with E-state index in [0.717, 1.165) is 36.2 Å². The van der Waals surface area contributed by atoms with Crippen molar-refractivity contribution in [1.82, 2.24) is 4.90 Å². The standard InChI is InChI=1S/C14H18ClNO/c1-10-3-4-11(2)13(7-10)14(17)16-6-5-12(8-15)9-16/h3-4,7,12H,5-6,8-9H2,1-2H3. The van der Waals surface area contributed by atoms with E-state index >= 15 is 0 Å². The topological polar surface area (TPSA) is 20.3 Å². The van der Waals surface area contributed by atoms with Gasteiger partial charge in [0.25, 0.3) is 5.91 Å². The molecule has 92 valence electrons. The second kappa shape index (κ2) is 5.09.